The Hall–Kier alpha value is -2.13. The second kappa shape index (κ2) is 10.2. The molecule has 3 amide bonds. The van der Waals surface area contributed by atoms with Crippen LogP contribution in [0, 0.1) is 11.8 Å². The van der Waals surface area contributed by atoms with Crippen molar-refractivity contribution in [2.45, 2.75) is 68.7 Å². The van der Waals surface area contributed by atoms with Gasteiger partial charge in [0.05, 0.1) is 27.5 Å². The van der Waals surface area contributed by atoms with Gasteiger partial charge in [-0.3, -0.25) is 14.4 Å². The van der Waals surface area contributed by atoms with E-state index < -0.39 is 29.1 Å². The monoisotopic (exact) mass is 549 g/mol. The molecule has 0 radical (unpaired) electrons. The molecule has 3 heterocycles. The summed E-state index contributed by atoms with van der Waals surface area (Å²) < 4.78 is 11.7. The number of halogens is 2. The molecule has 200 valence electrons. The lowest BCUT2D eigenvalue weighted by Gasteiger charge is -2.34. The van der Waals surface area contributed by atoms with Gasteiger partial charge in [-0.1, -0.05) is 54.6 Å². The molecule has 8 nitrogen and oxygen atoms in total. The fraction of sp³-hybridized carbons (Fsp3) is 0.593. The molecule has 2 bridgehead atoms. The van der Waals surface area contributed by atoms with Crippen molar-refractivity contribution in [1.29, 1.82) is 0 Å². The minimum absolute atomic E-state index is 0.0829. The smallest absolute Gasteiger partial charge is 0.246 e. The first-order chi connectivity index (χ1) is 17.7. The molecule has 3 fully saturated rings. The minimum Gasteiger partial charge on any atom is -0.385 e. The highest BCUT2D eigenvalue weighted by atomic mass is 35.5. The molecule has 37 heavy (non-hydrogen) atoms. The predicted molar refractivity (Wildman–Crippen MR) is 140 cm³/mol. The zero-order valence-corrected chi connectivity index (χ0v) is 22.6. The largest absolute Gasteiger partial charge is 0.385 e. The van der Waals surface area contributed by atoms with Crippen LogP contribution in [-0.2, 0) is 23.9 Å². The highest BCUT2D eigenvalue weighted by Crippen LogP contribution is 2.59. The van der Waals surface area contributed by atoms with E-state index in [0.29, 0.717) is 35.3 Å². The van der Waals surface area contributed by atoms with E-state index in [-0.39, 0.29) is 23.8 Å². The Bertz CT molecular complexity index is 1120. The maximum Gasteiger partial charge on any atom is 0.246 e. The molecule has 1 aliphatic carbocycles. The zero-order valence-electron chi connectivity index (χ0n) is 21.1. The lowest BCUT2D eigenvalue weighted by molar-refractivity contribution is -0.144. The van der Waals surface area contributed by atoms with Crippen LogP contribution in [0.15, 0.2) is 30.4 Å². The number of carbonyl (C=O) groups is 3. The Morgan fingerprint density at radius 3 is 2.59 bits per heavy atom. The lowest BCUT2D eigenvalue weighted by Crippen LogP contribution is -2.56. The molecular formula is C27H33Cl2N3O5. The second-order valence-electron chi connectivity index (χ2n) is 10.7. The summed E-state index contributed by atoms with van der Waals surface area (Å²) in [5.41, 5.74) is -1.77. The number of hydrogen-bond acceptors (Lipinski definition) is 5. The summed E-state index contributed by atoms with van der Waals surface area (Å²) in [5.74, 6) is -2.48. The standard InChI is InChI=1S/C27H33Cl2N3O5/c1-26-11-12-27(37-26)21(20(26)23(33)31-17-9-10-18(28)19(29)15-17)25(35)32(13-6-14-36-2)22(27)24(34)30-16-7-4-3-5-8-16/h9-12,15-16,20-22H,3-8,13-14H2,1-2H3,(H,30,34)(H,31,33)/t20?,21-,22?,26-,27?/m1/s1. The average molecular weight is 550 g/mol. The molecule has 10 heteroatoms. The molecule has 5 atom stereocenters. The van der Waals surface area contributed by atoms with Crippen LogP contribution in [0.3, 0.4) is 0 Å². The van der Waals surface area contributed by atoms with Gasteiger partial charge in [0, 0.05) is 32.0 Å². The number of amides is 3. The highest BCUT2D eigenvalue weighted by Gasteiger charge is 2.76. The molecule has 1 aromatic carbocycles. The van der Waals surface area contributed by atoms with Gasteiger partial charge < -0.3 is 25.0 Å². The Balaban J connectivity index is 1.45. The van der Waals surface area contributed by atoms with Crippen molar-refractivity contribution >= 4 is 46.6 Å². The van der Waals surface area contributed by atoms with Crippen LogP contribution in [0.2, 0.25) is 10.0 Å². The molecule has 2 N–H and O–H groups in total. The molecular weight excluding hydrogens is 517 g/mol. The van der Waals surface area contributed by atoms with Gasteiger partial charge in [-0.2, -0.15) is 0 Å². The Labute approximate surface area is 227 Å². The highest BCUT2D eigenvalue weighted by molar-refractivity contribution is 6.42. The molecule has 3 unspecified atom stereocenters. The van der Waals surface area contributed by atoms with E-state index in [0.717, 1.165) is 25.7 Å². The van der Waals surface area contributed by atoms with Gasteiger partial charge in [0.25, 0.3) is 0 Å². The number of nitrogens with one attached hydrogen (secondary N) is 2. The number of likely N-dealkylation sites (tertiary alicyclic amines) is 1. The van der Waals surface area contributed by atoms with Crippen LogP contribution >= 0.6 is 23.2 Å². The van der Waals surface area contributed by atoms with Crippen LogP contribution in [-0.4, -0.2) is 66.2 Å². The number of benzene rings is 1. The summed E-state index contributed by atoms with van der Waals surface area (Å²) >= 11 is 12.2. The topological polar surface area (TPSA) is 97.0 Å². The molecule has 1 saturated carbocycles. The maximum absolute atomic E-state index is 14.0. The Morgan fingerprint density at radius 1 is 1.14 bits per heavy atom. The third kappa shape index (κ3) is 4.56. The van der Waals surface area contributed by atoms with Crippen molar-refractivity contribution in [1.82, 2.24) is 10.2 Å². The second-order valence-corrected chi connectivity index (χ2v) is 11.5. The zero-order chi connectivity index (χ0) is 26.4. The Morgan fingerprint density at radius 2 is 1.89 bits per heavy atom. The molecule has 4 aliphatic rings. The first kappa shape index (κ1) is 26.5. The third-order valence-corrected chi connectivity index (χ3v) is 8.95. The number of anilines is 1. The van der Waals surface area contributed by atoms with Gasteiger partial charge in [0.1, 0.15) is 11.6 Å². The summed E-state index contributed by atoms with van der Waals surface area (Å²) in [6.07, 6.45) is 9.40. The molecule has 5 rings (SSSR count). The predicted octanol–water partition coefficient (Wildman–Crippen LogP) is 3.96. The molecule has 2 saturated heterocycles. The molecule has 1 aromatic rings. The average Bonchev–Trinajstić information content (AvgIpc) is 3.43. The number of rotatable bonds is 8. The SMILES string of the molecule is COCCCN1C(=O)[C@H]2C(C(=O)Nc3ccc(Cl)c(Cl)c3)[C@@]3(C)C=CC2(O3)C1C(=O)NC1CCCCC1. The fourth-order valence-corrected chi connectivity index (χ4v) is 6.87. The van der Waals surface area contributed by atoms with E-state index in [1.54, 1.807) is 37.1 Å². The van der Waals surface area contributed by atoms with Gasteiger partial charge in [0.2, 0.25) is 17.7 Å². The fourth-order valence-electron chi connectivity index (χ4n) is 6.57. The van der Waals surface area contributed by atoms with E-state index in [1.807, 2.05) is 12.2 Å². The number of ether oxygens (including phenoxy) is 2. The summed E-state index contributed by atoms with van der Waals surface area (Å²) in [4.78, 5) is 43.0. The summed E-state index contributed by atoms with van der Waals surface area (Å²) in [6, 6.07) is 4.05. The van der Waals surface area contributed by atoms with Crippen LogP contribution in [0.1, 0.15) is 45.4 Å². The molecule has 0 aromatic heterocycles. The van der Waals surface area contributed by atoms with Crippen molar-refractivity contribution in [3.05, 3.63) is 40.4 Å². The van der Waals surface area contributed by atoms with Crippen LogP contribution in [0.25, 0.3) is 0 Å². The van der Waals surface area contributed by atoms with Crippen LogP contribution in [0.5, 0.6) is 0 Å². The van der Waals surface area contributed by atoms with Crippen molar-refractivity contribution in [3.8, 4) is 0 Å². The van der Waals surface area contributed by atoms with Gasteiger partial charge in [0.15, 0.2) is 0 Å². The van der Waals surface area contributed by atoms with Crippen molar-refractivity contribution in [3.63, 3.8) is 0 Å². The molecule has 3 aliphatic heterocycles. The van der Waals surface area contributed by atoms with Crippen molar-refractivity contribution in [2.75, 3.05) is 25.6 Å². The van der Waals surface area contributed by atoms with Gasteiger partial charge >= 0.3 is 0 Å². The summed E-state index contributed by atoms with van der Waals surface area (Å²) in [5, 5.41) is 6.76. The van der Waals surface area contributed by atoms with Gasteiger partial charge in [-0.05, 0) is 44.4 Å². The third-order valence-electron chi connectivity index (χ3n) is 8.21. The van der Waals surface area contributed by atoms with E-state index in [1.165, 1.54) is 6.42 Å². The first-order valence-corrected chi connectivity index (χ1v) is 13.7. The number of methoxy groups -OCH3 is 1. The van der Waals surface area contributed by atoms with E-state index >= 15 is 0 Å². The number of fused-ring (bicyclic) bond motifs is 1. The van der Waals surface area contributed by atoms with Crippen molar-refractivity contribution < 1.29 is 23.9 Å². The quantitative estimate of drug-likeness (QED) is 0.378. The van der Waals surface area contributed by atoms with Gasteiger partial charge in [-0.25, -0.2) is 0 Å². The number of carbonyl (C=O) groups excluding carboxylic acids is 3. The molecule has 1 spiro atoms. The Kier molecular flexibility index (Phi) is 7.31. The van der Waals surface area contributed by atoms with E-state index in [9.17, 15) is 14.4 Å². The van der Waals surface area contributed by atoms with E-state index in [4.69, 9.17) is 32.7 Å². The normalized spacial score (nSPS) is 32.6. The summed E-state index contributed by atoms with van der Waals surface area (Å²) in [6.45, 7) is 2.59. The van der Waals surface area contributed by atoms with Crippen LogP contribution < -0.4 is 10.6 Å². The van der Waals surface area contributed by atoms with E-state index in [2.05, 4.69) is 10.6 Å². The summed E-state index contributed by atoms with van der Waals surface area (Å²) in [7, 11) is 1.60. The number of nitrogens with zero attached hydrogens (tertiary/aromatic N) is 1. The first-order valence-electron chi connectivity index (χ1n) is 13.0. The number of hydrogen-bond donors (Lipinski definition) is 2. The minimum atomic E-state index is -1.21. The van der Waals surface area contributed by atoms with Crippen molar-refractivity contribution in [2.24, 2.45) is 11.8 Å². The van der Waals surface area contributed by atoms with Crippen LogP contribution in [0.4, 0.5) is 5.69 Å². The maximum atomic E-state index is 14.0. The van der Waals surface area contributed by atoms with Gasteiger partial charge in [-0.15, -0.1) is 0 Å². The lowest BCUT2D eigenvalue weighted by atomic mass is 9.70.